The van der Waals surface area contributed by atoms with Gasteiger partial charge in [0.1, 0.15) is 5.75 Å². The van der Waals surface area contributed by atoms with Gasteiger partial charge in [-0.15, -0.1) is 0 Å². The highest BCUT2D eigenvalue weighted by Gasteiger charge is 2.26. The predicted octanol–water partition coefficient (Wildman–Crippen LogP) is 3.00. The summed E-state index contributed by atoms with van der Waals surface area (Å²) in [7, 11) is 0.873. The van der Waals surface area contributed by atoms with Crippen LogP contribution in [-0.2, 0) is 10.0 Å². The third kappa shape index (κ3) is 5.02. The van der Waals surface area contributed by atoms with Crippen molar-refractivity contribution < 1.29 is 17.9 Å². The van der Waals surface area contributed by atoms with E-state index >= 15 is 0 Å². The van der Waals surface area contributed by atoms with Gasteiger partial charge in [0.2, 0.25) is 0 Å². The molecule has 0 aromatic heterocycles. The first-order chi connectivity index (χ1) is 14.8. The van der Waals surface area contributed by atoms with E-state index in [0.717, 1.165) is 25.2 Å². The quantitative estimate of drug-likeness (QED) is 0.625. The molecule has 0 aliphatic carbocycles. The van der Waals surface area contributed by atoms with Gasteiger partial charge >= 0.3 is 0 Å². The average Bonchev–Trinajstić information content (AvgIpc) is 3.30. The molecule has 0 radical (unpaired) electrons. The van der Waals surface area contributed by atoms with Crippen LogP contribution in [0.15, 0.2) is 47.4 Å². The zero-order valence-electron chi connectivity index (χ0n) is 18.7. The molecule has 2 aromatic rings. The lowest BCUT2D eigenvalue weighted by Gasteiger charge is -2.24. The lowest BCUT2D eigenvalue weighted by atomic mass is 10.1. The maximum atomic E-state index is 13.3. The predicted molar refractivity (Wildman–Crippen MR) is 122 cm³/mol. The van der Waals surface area contributed by atoms with E-state index in [1.54, 1.807) is 42.3 Å². The minimum absolute atomic E-state index is 0.0720. The number of nitrogens with zero attached hydrogens (tertiary/aromatic N) is 3. The molecule has 168 valence electrons. The summed E-state index contributed by atoms with van der Waals surface area (Å²) in [5, 5.41) is 0. The number of rotatable bonds is 8. The van der Waals surface area contributed by atoms with Gasteiger partial charge < -0.3 is 14.5 Å². The fraction of sp³-hybridized carbons (Fsp3) is 0.435. The van der Waals surface area contributed by atoms with Gasteiger partial charge in [0.25, 0.3) is 15.9 Å². The van der Waals surface area contributed by atoms with Gasteiger partial charge in [-0.3, -0.25) is 9.10 Å². The van der Waals surface area contributed by atoms with Gasteiger partial charge in [-0.1, -0.05) is 18.2 Å². The molecule has 8 heteroatoms. The van der Waals surface area contributed by atoms with Gasteiger partial charge in [-0.05, 0) is 62.7 Å². The Labute approximate surface area is 185 Å². The monoisotopic (exact) mass is 445 g/mol. The number of amides is 1. The minimum Gasteiger partial charge on any atom is -0.495 e. The van der Waals surface area contributed by atoms with Crippen LogP contribution in [0.2, 0.25) is 0 Å². The normalized spacial score (nSPS) is 14.5. The minimum atomic E-state index is -3.87. The molecule has 0 unspecified atom stereocenters. The Hall–Kier alpha value is -2.58. The van der Waals surface area contributed by atoms with E-state index in [-0.39, 0.29) is 10.8 Å². The Bertz CT molecular complexity index is 1030. The van der Waals surface area contributed by atoms with E-state index in [1.165, 1.54) is 43.4 Å². The van der Waals surface area contributed by atoms with Crippen LogP contribution in [0.5, 0.6) is 5.75 Å². The van der Waals surface area contributed by atoms with Crippen LogP contribution in [0.3, 0.4) is 0 Å². The van der Waals surface area contributed by atoms with Crippen molar-refractivity contribution in [1.29, 1.82) is 0 Å². The number of methoxy groups -OCH3 is 1. The van der Waals surface area contributed by atoms with Crippen LogP contribution in [-0.4, -0.2) is 71.5 Å². The van der Waals surface area contributed by atoms with Crippen molar-refractivity contribution in [2.24, 2.45) is 0 Å². The largest absolute Gasteiger partial charge is 0.495 e. The Kier molecular flexibility index (Phi) is 7.23. The number of carbonyl (C=O) groups is 1. The van der Waals surface area contributed by atoms with Crippen molar-refractivity contribution in [2.75, 3.05) is 51.7 Å². The molecule has 0 spiro atoms. The van der Waals surface area contributed by atoms with Crippen molar-refractivity contribution in [3.8, 4) is 5.75 Å². The highest BCUT2D eigenvalue weighted by molar-refractivity contribution is 7.92. The molecule has 31 heavy (non-hydrogen) atoms. The van der Waals surface area contributed by atoms with Gasteiger partial charge in [-0.2, -0.15) is 0 Å². The number of hydrogen-bond acceptors (Lipinski definition) is 5. The maximum absolute atomic E-state index is 13.3. The smallest absolute Gasteiger partial charge is 0.264 e. The first kappa shape index (κ1) is 23.1. The summed E-state index contributed by atoms with van der Waals surface area (Å²) in [5.74, 6) is 0.285. The first-order valence-electron chi connectivity index (χ1n) is 10.5. The van der Waals surface area contributed by atoms with Crippen LogP contribution >= 0.6 is 0 Å². The highest BCUT2D eigenvalue weighted by atomic mass is 32.2. The number of anilines is 1. The Morgan fingerprint density at radius 3 is 2.45 bits per heavy atom. The molecule has 1 amide bonds. The highest BCUT2D eigenvalue weighted by Crippen LogP contribution is 2.31. The number of ether oxygens (including phenoxy) is 1. The standard InChI is InChI=1S/C23H31N3O4S/c1-18-11-12-19(31(28,29)25(3)21-9-5-6-10-22(21)30-4)17-20(18)23(27)24(2)15-16-26-13-7-8-14-26/h5-6,9-12,17H,7-8,13-16H2,1-4H3. The molecule has 0 atom stereocenters. The molecule has 1 saturated heterocycles. The van der Waals surface area contributed by atoms with Gasteiger partial charge in [-0.25, -0.2) is 8.42 Å². The molecule has 0 bridgehead atoms. The summed E-state index contributed by atoms with van der Waals surface area (Å²) in [5.41, 5.74) is 1.58. The molecule has 0 saturated carbocycles. The Morgan fingerprint density at radius 2 is 1.77 bits per heavy atom. The third-order valence-corrected chi connectivity index (χ3v) is 7.59. The van der Waals surface area contributed by atoms with Gasteiger partial charge in [0.15, 0.2) is 0 Å². The van der Waals surface area contributed by atoms with Crippen LogP contribution in [0, 0.1) is 6.92 Å². The molecule has 2 aromatic carbocycles. The van der Waals surface area contributed by atoms with Crippen LogP contribution < -0.4 is 9.04 Å². The lowest BCUT2D eigenvalue weighted by molar-refractivity contribution is 0.0781. The molecule has 7 nitrogen and oxygen atoms in total. The molecule has 0 N–H and O–H groups in total. The number of carbonyl (C=O) groups excluding carboxylic acids is 1. The molecule has 1 fully saturated rings. The lowest BCUT2D eigenvalue weighted by Crippen LogP contribution is -2.35. The number of sulfonamides is 1. The van der Waals surface area contributed by atoms with E-state index < -0.39 is 10.0 Å². The van der Waals surface area contributed by atoms with Crippen molar-refractivity contribution in [3.63, 3.8) is 0 Å². The third-order valence-electron chi connectivity index (χ3n) is 5.82. The van der Waals surface area contributed by atoms with E-state index in [1.807, 2.05) is 6.92 Å². The fourth-order valence-electron chi connectivity index (χ4n) is 3.77. The summed E-state index contributed by atoms with van der Waals surface area (Å²) in [4.78, 5) is 17.2. The summed E-state index contributed by atoms with van der Waals surface area (Å²) in [6, 6.07) is 11.6. The SMILES string of the molecule is COc1ccccc1N(C)S(=O)(=O)c1ccc(C)c(C(=O)N(C)CCN2CCCC2)c1. The Balaban J connectivity index is 1.84. The number of likely N-dealkylation sites (tertiary alicyclic amines) is 1. The van der Waals surface area contributed by atoms with Crippen molar-refractivity contribution in [3.05, 3.63) is 53.6 Å². The topological polar surface area (TPSA) is 70.2 Å². The zero-order chi connectivity index (χ0) is 22.6. The second-order valence-electron chi connectivity index (χ2n) is 7.90. The van der Waals surface area contributed by atoms with Crippen LogP contribution in [0.4, 0.5) is 5.69 Å². The Morgan fingerprint density at radius 1 is 1.10 bits per heavy atom. The summed E-state index contributed by atoms with van der Waals surface area (Å²) < 4.78 is 33.1. The van der Waals surface area contributed by atoms with Crippen LogP contribution in [0.1, 0.15) is 28.8 Å². The average molecular weight is 446 g/mol. The van der Waals surface area contributed by atoms with Crippen molar-refractivity contribution >= 4 is 21.6 Å². The second kappa shape index (κ2) is 9.70. The van der Waals surface area contributed by atoms with Crippen LogP contribution in [0.25, 0.3) is 0 Å². The zero-order valence-corrected chi connectivity index (χ0v) is 19.5. The number of benzene rings is 2. The van der Waals surface area contributed by atoms with E-state index in [0.29, 0.717) is 23.5 Å². The molecule has 1 heterocycles. The summed E-state index contributed by atoms with van der Waals surface area (Å²) in [6.07, 6.45) is 2.41. The van der Waals surface area contributed by atoms with E-state index in [4.69, 9.17) is 4.74 Å². The van der Waals surface area contributed by atoms with Gasteiger partial charge in [0, 0.05) is 32.7 Å². The molecular weight excluding hydrogens is 414 g/mol. The summed E-state index contributed by atoms with van der Waals surface area (Å²) >= 11 is 0. The fourth-order valence-corrected chi connectivity index (χ4v) is 5.01. The summed E-state index contributed by atoms with van der Waals surface area (Å²) in [6.45, 7) is 5.40. The van der Waals surface area contributed by atoms with E-state index in [9.17, 15) is 13.2 Å². The molecular formula is C23H31N3O4S. The number of likely N-dealkylation sites (N-methyl/N-ethyl adjacent to an activating group) is 1. The number of hydrogen-bond donors (Lipinski definition) is 0. The number of para-hydroxylation sites is 2. The number of aryl methyl sites for hydroxylation is 1. The van der Waals surface area contributed by atoms with Crippen molar-refractivity contribution in [2.45, 2.75) is 24.7 Å². The van der Waals surface area contributed by atoms with E-state index in [2.05, 4.69) is 4.90 Å². The molecule has 1 aliphatic rings. The maximum Gasteiger partial charge on any atom is 0.264 e. The van der Waals surface area contributed by atoms with Crippen molar-refractivity contribution in [1.82, 2.24) is 9.80 Å². The second-order valence-corrected chi connectivity index (χ2v) is 9.87. The first-order valence-corrected chi connectivity index (χ1v) is 11.9. The molecule has 1 aliphatic heterocycles. The molecule has 3 rings (SSSR count). The van der Waals surface area contributed by atoms with Gasteiger partial charge in [0.05, 0.1) is 17.7 Å².